The van der Waals surface area contributed by atoms with E-state index in [1.807, 2.05) is 73.8 Å². The van der Waals surface area contributed by atoms with E-state index in [9.17, 15) is 14.9 Å². The van der Waals surface area contributed by atoms with E-state index < -0.39 is 11.8 Å². The van der Waals surface area contributed by atoms with Gasteiger partial charge < -0.3 is 4.74 Å². The summed E-state index contributed by atoms with van der Waals surface area (Å²) < 4.78 is 6.81. The molecular weight excluding hydrogens is 428 g/mol. The molecular formula is C27H24N4O3. The number of imide groups is 1. The number of hydrogen-bond acceptors (Lipinski definition) is 5. The maximum absolute atomic E-state index is 13.3. The molecule has 7 heteroatoms. The summed E-state index contributed by atoms with van der Waals surface area (Å²) >= 11 is 0. The van der Waals surface area contributed by atoms with Crippen LogP contribution in [0.3, 0.4) is 0 Å². The van der Waals surface area contributed by atoms with E-state index in [2.05, 4.69) is 0 Å². The molecule has 0 saturated carbocycles. The van der Waals surface area contributed by atoms with Gasteiger partial charge in [0.1, 0.15) is 11.6 Å². The Morgan fingerprint density at radius 2 is 1.74 bits per heavy atom. The topological polar surface area (TPSA) is 88.2 Å². The van der Waals surface area contributed by atoms with E-state index in [1.54, 1.807) is 17.7 Å². The van der Waals surface area contributed by atoms with Crippen molar-refractivity contribution >= 4 is 17.9 Å². The Morgan fingerprint density at radius 1 is 1.03 bits per heavy atom. The molecule has 0 radical (unpaired) electrons. The molecule has 4 rings (SSSR count). The Bertz CT molecular complexity index is 1340. The third-order valence-corrected chi connectivity index (χ3v) is 5.73. The molecule has 0 aliphatic carbocycles. The summed E-state index contributed by atoms with van der Waals surface area (Å²) in [4.78, 5) is 27.1. The van der Waals surface area contributed by atoms with Crippen LogP contribution in [0.2, 0.25) is 0 Å². The zero-order valence-electron chi connectivity index (χ0n) is 19.3. The zero-order chi connectivity index (χ0) is 24.2. The smallest absolute Gasteiger partial charge is 0.271 e. The Morgan fingerprint density at radius 3 is 2.38 bits per heavy atom. The van der Waals surface area contributed by atoms with Gasteiger partial charge in [-0.15, -0.1) is 0 Å². The molecule has 0 saturated heterocycles. The summed E-state index contributed by atoms with van der Waals surface area (Å²) in [5, 5.41) is 14.4. The summed E-state index contributed by atoms with van der Waals surface area (Å²) in [6, 6.07) is 19.6. The van der Waals surface area contributed by atoms with Crippen molar-refractivity contribution in [2.45, 2.75) is 13.8 Å². The lowest BCUT2D eigenvalue weighted by atomic mass is 9.93. The van der Waals surface area contributed by atoms with Crippen LogP contribution in [0.1, 0.15) is 18.1 Å². The molecule has 7 nitrogen and oxygen atoms in total. The first-order chi connectivity index (χ1) is 16.4. The predicted molar refractivity (Wildman–Crippen MR) is 129 cm³/mol. The molecule has 0 N–H and O–H groups in total. The summed E-state index contributed by atoms with van der Waals surface area (Å²) in [7, 11) is 1.49. The Hall–Kier alpha value is -4.28. The van der Waals surface area contributed by atoms with E-state index in [0.717, 1.165) is 21.7 Å². The first-order valence-electron chi connectivity index (χ1n) is 10.8. The van der Waals surface area contributed by atoms with Gasteiger partial charge in [0.2, 0.25) is 0 Å². The van der Waals surface area contributed by atoms with Crippen molar-refractivity contribution in [3.05, 3.63) is 88.6 Å². The van der Waals surface area contributed by atoms with Gasteiger partial charge in [0.05, 0.1) is 24.5 Å². The van der Waals surface area contributed by atoms with Crippen LogP contribution < -0.4 is 0 Å². The second kappa shape index (κ2) is 9.69. The average molecular weight is 453 g/mol. The normalized spacial score (nSPS) is 15.2. The van der Waals surface area contributed by atoms with Gasteiger partial charge in [-0.25, -0.2) is 4.68 Å². The first-order valence-corrected chi connectivity index (χ1v) is 10.8. The number of benzene rings is 2. The van der Waals surface area contributed by atoms with Crippen molar-refractivity contribution in [2.24, 2.45) is 0 Å². The Balaban J connectivity index is 1.89. The SMILES string of the molecule is COCCN1C(=O)C(C#N)=C(C)/C(=C/c2cn(-c3ccccc3)nc2-c2ccc(C)cc2)C1=O. The quantitative estimate of drug-likeness (QED) is 0.415. The number of nitrogens with zero attached hydrogens (tertiary/aromatic N) is 4. The molecule has 0 spiro atoms. The number of carbonyl (C=O) groups is 2. The van der Waals surface area contributed by atoms with Crippen molar-refractivity contribution in [1.82, 2.24) is 14.7 Å². The van der Waals surface area contributed by atoms with Crippen molar-refractivity contribution in [2.75, 3.05) is 20.3 Å². The third-order valence-electron chi connectivity index (χ3n) is 5.73. The molecule has 1 aliphatic rings. The number of methoxy groups -OCH3 is 1. The summed E-state index contributed by atoms with van der Waals surface area (Å²) in [5.74, 6) is -1.06. The molecule has 0 bridgehead atoms. The van der Waals surface area contributed by atoms with Gasteiger partial charge in [-0.05, 0) is 37.6 Å². The minimum Gasteiger partial charge on any atom is -0.383 e. The number of aryl methyl sites for hydroxylation is 1. The van der Waals surface area contributed by atoms with Crippen molar-refractivity contribution in [3.8, 4) is 23.0 Å². The second-order valence-electron chi connectivity index (χ2n) is 8.00. The molecule has 0 fully saturated rings. The second-order valence-corrected chi connectivity index (χ2v) is 8.00. The molecule has 170 valence electrons. The van der Waals surface area contributed by atoms with Crippen molar-refractivity contribution in [3.63, 3.8) is 0 Å². The number of para-hydroxylation sites is 1. The lowest BCUT2D eigenvalue weighted by molar-refractivity contribution is -0.141. The fraction of sp³-hybridized carbons (Fsp3) is 0.185. The van der Waals surface area contributed by atoms with E-state index in [0.29, 0.717) is 16.8 Å². The number of nitriles is 1. The van der Waals surface area contributed by atoms with Gasteiger partial charge in [-0.2, -0.15) is 10.4 Å². The van der Waals surface area contributed by atoms with E-state index in [1.165, 1.54) is 7.11 Å². The molecule has 3 aromatic rings. The van der Waals surface area contributed by atoms with Gasteiger partial charge in [-0.3, -0.25) is 14.5 Å². The molecule has 1 aromatic heterocycles. The minimum atomic E-state index is -0.599. The summed E-state index contributed by atoms with van der Waals surface area (Å²) in [5.41, 5.74) is 4.88. The fourth-order valence-corrected chi connectivity index (χ4v) is 3.81. The molecule has 1 aliphatic heterocycles. The Kier molecular flexibility index (Phi) is 6.53. The fourth-order valence-electron chi connectivity index (χ4n) is 3.81. The van der Waals surface area contributed by atoms with Crippen LogP contribution in [0.4, 0.5) is 0 Å². The van der Waals surface area contributed by atoms with Crippen LogP contribution in [0.5, 0.6) is 0 Å². The zero-order valence-corrected chi connectivity index (χ0v) is 19.3. The maximum atomic E-state index is 13.3. The number of aromatic nitrogens is 2. The molecule has 34 heavy (non-hydrogen) atoms. The van der Waals surface area contributed by atoms with Gasteiger partial charge in [0.25, 0.3) is 11.8 Å². The van der Waals surface area contributed by atoms with Crippen LogP contribution in [-0.2, 0) is 14.3 Å². The highest BCUT2D eigenvalue weighted by Crippen LogP contribution is 2.31. The van der Waals surface area contributed by atoms with E-state index in [4.69, 9.17) is 9.84 Å². The van der Waals surface area contributed by atoms with Gasteiger partial charge in [-0.1, -0.05) is 48.0 Å². The highest BCUT2D eigenvalue weighted by molar-refractivity contribution is 6.19. The molecule has 0 unspecified atom stereocenters. The molecule has 2 heterocycles. The van der Waals surface area contributed by atoms with Crippen molar-refractivity contribution in [1.29, 1.82) is 5.26 Å². The van der Waals surface area contributed by atoms with Crippen LogP contribution in [0, 0.1) is 18.3 Å². The number of hydrogen-bond donors (Lipinski definition) is 0. The number of ether oxygens (including phenoxy) is 1. The maximum Gasteiger partial charge on any atom is 0.271 e. The number of amides is 2. The minimum absolute atomic E-state index is 0.0470. The third kappa shape index (κ3) is 4.32. The van der Waals surface area contributed by atoms with E-state index in [-0.39, 0.29) is 24.3 Å². The number of rotatable bonds is 6. The van der Waals surface area contributed by atoms with Crippen LogP contribution in [0.25, 0.3) is 23.0 Å². The highest BCUT2D eigenvalue weighted by Gasteiger charge is 2.35. The van der Waals surface area contributed by atoms with Crippen LogP contribution in [-0.4, -0.2) is 46.8 Å². The predicted octanol–water partition coefficient (Wildman–Crippen LogP) is 4.09. The highest BCUT2D eigenvalue weighted by atomic mass is 16.5. The molecule has 2 amide bonds. The van der Waals surface area contributed by atoms with Gasteiger partial charge in [0, 0.05) is 30.0 Å². The average Bonchev–Trinajstić information content (AvgIpc) is 3.27. The lowest BCUT2D eigenvalue weighted by Gasteiger charge is -2.27. The van der Waals surface area contributed by atoms with Crippen molar-refractivity contribution < 1.29 is 14.3 Å². The number of carbonyl (C=O) groups excluding carboxylic acids is 2. The van der Waals surface area contributed by atoms with Gasteiger partial charge >= 0.3 is 0 Å². The monoisotopic (exact) mass is 452 g/mol. The first kappa shape index (κ1) is 22.9. The molecule has 2 aromatic carbocycles. The summed E-state index contributed by atoms with van der Waals surface area (Å²) in [6.07, 6.45) is 3.56. The lowest BCUT2D eigenvalue weighted by Crippen LogP contribution is -2.44. The Labute approximate surface area is 198 Å². The molecule has 0 atom stereocenters. The largest absolute Gasteiger partial charge is 0.383 e. The summed E-state index contributed by atoms with van der Waals surface area (Å²) in [6.45, 7) is 3.89. The van der Waals surface area contributed by atoms with Gasteiger partial charge in [0.15, 0.2) is 0 Å². The van der Waals surface area contributed by atoms with Crippen LogP contribution in [0.15, 0.2) is 77.5 Å². The van der Waals surface area contributed by atoms with E-state index >= 15 is 0 Å². The standard InChI is InChI=1S/C27H24N4O3/c1-18-9-11-20(12-10-18)25-21(17-31(29-25)22-7-5-4-6-8-22)15-23-19(2)24(16-28)27(33)30(26(23)32)13-14-34-3/h4-12,15,17H,13-14H2,1-3H3/b23-15-. The van der Waals surface area contributed by atoms with Crippen LogP contribution >= 0.6 is 0 Å².